The molecule has 0 spiro atoms. The highest BCUT2D eigenvalue weighted by Crippen LogP contribution is 2.27. The minimum Gasteiger partial charge on any atom is -0.506 e. The fraction of sp³-hybridized carbons (Fsp3) is 0.300. The first-order valence-corrected chi connectivity index (χ1v) is 5.24. The molecule has 0 saturated heterocycles. The molecule has 1 amide bonds. The smallest absolute Gasteiger partial charge is 0.401 e. The first kappa shape index (κ1) is 15.7. The lowest BCUT2D eigenvalue weighted by molar-refractivity contribution is -0.384. The van der Waals surface area contributed by atoms with Crippen molar-refractivity contribution in [3.05, 3.63) is 28.3 Å². The molecule has 110 valence electrons. The van der Waals surface area contributed by atoms with E-state index in [0.29, 0.717) is 0 Å². The number of alkyl halides is 3. The average Bonchev–Trinajstić information content (AvgIpc) is 2.30. The van der Waals surface area contributed by atoms with E-state index in [4.69, 9.17) is 0 Å². The topological polar surface area (TPSA) is 104 Å². The fourth-order valence-electron chi connectivity index (χ4n) is 1.25. The summed E-state index contributed by atoms with van der Waals surface area (Å²) in [6, 6.07) is 2.92. The van der Waals surface area contributed by atoms with Gasteiger partial charge in [-0.05, 0) is 6.07 Å². The Kier molecular flexibility index (Phi) is 4.86. The first-order chi connectivity index (χ1) is 9.19. The molecule has 0 aliphatic rings. The number of rotatable bonds is 5. The maximum atomic E-state index is 11.8. The van der Waals surface area contributed by atoms with Gasteiger partial charge in [-0.15, -0.1) is 0 Å². The second-order valence-corrected chi connectivity index (χ2v) is 3.73. The molecule has 0 heterocycles. The summed E-state index contributed by atoms with van der Waals surface area (Å²) in [6.45, 7) is -2.00. The molecule has 0 bridgehead atoms. The minimum absolute atomic E-state index is 0.252. The molecule has 0 aliphatic heterocycles. The Bertz CT molecular complexity index is 519. The van der Waals surface area contributed by atoms with Crippen LogP contribution in [0.3, 0.4) is 0 Å². The SMILES string of the molecule is O=C(CNCC(F)(F)F)Nc1cc([N+](=O)[O-])ccc1O. The molecule has 1 aromatic carbocycles. The number of carbonyl (C=O) groups excluding carboxylic acids is 1. The van der Waals surface area contributed by atoms with E-state index in [9.17, 15) is 33.2 Å². The van der Waals surface area contributed by atoms with E-state index in [-0.39, 0.29) is 11.4 Å². The highest BCUT2D eigenvalue weighted by molar-refractivity contribution is 5.94. The Labute approximate surface area is 110 Å². The van der Waals surface area contributed by atoms with Crippen molar-refractivity contribution >= 4 is 17.3 Å². The number of nitrogens with one attached hydrogen (secondary N) is 2. The zero-order chi connectivity index (χ0) is 15.3. The van der Waals surface area contributed by atoms with Gasteiger partial charge in [0.15, 0.2) is 0 Å². The van der Waals surface area contributed by atoms with Gasteiger partial charge >= 0.3 is 6.18 Å². The fourth-order valence-corrected chi connectivity index (χ4v) is 1.25. The molecule has 3 N–H and O–H groups in total. The number of halogens is 3. The van der Waals surface area contributed by atoms with E-state index < -0.39 is 35.8 Å². The summed E-state index contributed by atoms with van der Waals surface area (Å²) in [6.07, 6.45) is -4.45. The summed E-state index contributed by atoms with van der Waals surface area (Å²) < 4.78 is 35.5. The molecule has 10 heteroatoms. The van der Waals surface area contributed by atoms with Crippen molar-refractivity contribution in [2.24, 2.45) is 0 Å². The normalized spacial score (nSPS) is 11.2. The second kappa shape index (κ2) is 6.19. The Hall–Kier alpha value is -2.36. The number of hydrogen-bond donors (Lipinski definition) is 3. The zero-order valence-corrected chi connectivity index (χ0v) is 9.90. The number of phenolic OH excluding ortho intramolecular Hbond substituents is 1. The number of nitro groups is 1. The van der Waals surface area contributed by atoms with Crippen molar-refractivity contribution in [1.29, 1.82) is 0 Å². The summed E-state index contributed by atoms with van der Waals surface area (Å²) >= 11 is 0. The number of hydrogen-bond acceptors (Lipinski definition) is 5. The molecule has 0 unspecified atom stereocenters. The van der Waals surface area contributed by atoms with Crippen LogP contribution < -0.4 is 10.6 Å². The highest BCUT2D eigenvalue weighted by Gasteiger charge is 2.26. The maximum Gasteiger partial charge on any atom is 0.401 e. The molecule has 1 aromatic rings. The molecule has 7 nitrogen and oxygen atoms in total. The third kappa shape index (κ3) is 5.10. The number of nitrogens with zero attached hydrogens (tertiary/aromatic N) is 1. The van der Waals surface area contributed by atoms with Crippen LogP contribution >= 0.6 is 0 Å². The standard InChI is InChI=1S/C10H10F3N3O4/c11-10(12,13)5-14-4-9(18)15-7-3-6(16(19)20)1-2-8(7)17/h1-3,14,17H,4-5H2,(H,15,18). The van der Waals surface area contributed by atoms with E-state index in [1.54, 1.807) is 0 Å². The molecular weight excluding hydrogens is 283 g/mol. The average molecular weight is 293 g/mol. The molecule has 20 heavy (non-hydrogen) atoms. The lowest BCUT2D eigenvalue weighted by Crippen LogP contribution is -2.35. The Balaban J connectivity index is 2.62. The van der Waals surface area contributed by atoms with Crippen LogP contribution in [-0.2, 0) is 4.79 Å². The van der Waals surface area contributed by atoms with Crippen LogP contribution in [0.15, 0.2) is 18.2 Å². The number of non-ortho nitro benzene ring substituents is 1. The van der Waals surface area contributed by atoms with Crippen molar-refractivity contribution in [3.8, 4) is 5.75 Å². The van der Waals surface area contributed by atoms with E-state index in [0.717, 1.165) is 18.2 Å². The van der Waals surface area contributed by atoms with Gasteiger partial charge in [-0.3, -0.25) is 14.9 Å². The maximum absolute atomic E-state index is 11.8. The molecular formula is C10H10F3N3O4. The van der Waals surface area contributed by atoms with Crippen LogP contribution in [0.5, 0.6) is 5.75 Å². The van der Waals surface area contributed by atoms with Gasteiger partial charge in [0.1, 0.15) is 5.75 Å². The van der Waals surface area contributed by atoms with Crippen molar-refractivity contribution in [2.45, 2.75) is 6.18 Å². The van der Waals surface area contributed by atoms with E-state index >= 15 is 0 Å². The summed E-state index contributed by atoms with van der Waals surface area (Å²) in [7, 11) is 0. The van der Waals surface area contributed by atoms with Crippen molar-refractivity contribution in [2.75, 3.05) is 18.4 Å². The van der Waals surface area contributed by atoms with E-state index in [1.165, 1.54) is 0 Å². The molecule has 0 radical (unpaired) electrons. The summed E-state index contributed by atoms with van der Waals surface area (Å²) in [4.78, 5) is 21.1. The predicted molar refractivity (Wildman–Crippen MR) is 62.3 cm³/mol. The van der Waals surface area contributed by atoms with Gasteiger partial charge in [0.05, 0.1) is 23.7 Å². The number of benzene rings is 1. The van der Waals surface area contributed by atoms with Gasteiger partial charge in [-0.2, -0.15) is 13.2 Å². The highest BCUT2D eigenvalue weighted by atomic mass is 19.4. The predicted octanol–water partition coefficient (Wildman–Crippen LogP) is 1.39. The quantitative estimate of drug-likeness (QED) is 0.432. The Morgan fingerprint density at radius 2 is 2.05 bits per heavy atom. The molecule has 0 aromatic heterocycles. The molecule has 0 atom stereocenters. The van der Waals surface area contributed by atoms with Crippen LogP contribution in [0, 0.1) is 10.1 Å². The van der Waals surface area contributed by atoms with Gasteiger partial charge in [-0.25, -0.2) is 0 Å². The summed E-state index contributed by atoms with van der Waals surface area (Å²) in [5.74, 6) is -1.30. The summed E-state index contributed by atoms with van der Waals surface area (Å²) in [5.41, 5.74) is -0.626. The van der Waals surface area contributed by atoms with Gasteiger partial charge in [0, 0.05) is 12.1 Å². The Morgan fingerprint density at radius 1 is 1.40 bits per heavy atom. The number of phenols is 1. The second-order valence-electron chi connectivity index (χ2n) is 3.73. The van der Waals surface area contributed by atoms with Gasteiger partial charge in [0.25, 0.3) is 5.69 Å². The monoisotopic (exact) mass is 293 g/mol. The van der Waals surface area contributed by atoms with Crippen LogP contribution in [0.1, 0.15) is 0 Å². The summed E-state index contributed by atoms with van der Waals surface area (Å²) in [5, 5.41) is 23.8. The van der Waals surface area contributed by atoms with Gasteiger partial charge < -0.3 is 15.7 Å². The van der Waals surface area contributed by atoms with Crippen LogP contribution in [-0.4, -0.2) is 35.2 Å². The zero-order valence-electron chi connectivity index (χ0n) is 9.90. The third-order valence-corrected chi connectivity index (χ3v) is 2.08. The molecule has 1 rings (SSSR count). The lowest BCUT2D eigenvalue weighted by Gasteiger charge is -2.09. The van der Waals surface area contributed by atoms with Crippen LogP contribution in [0.25, 0.3) is 0 Å². The van der Waals surface area contributed by atoms with Crippen molar-refractivity contribution < 1.29 is 28.0 Å². The molecule has 0 fully saturated rings. The minimum atomic E-state index is -4.45. The van der Waals surface area contributed by atoms with Crippen molar-refractivity contribution in [1.82, 2.24) is 5.32 Å². The third-order valence-electron chi connectivity index (χ3n) is 2.08. The largest absolute Gasteiger partial charge is 0.506 e. The Morgan fingerprint density at radius 3 is 2.60 bits per heavy atom. The van der Waals surface area contributed by atoms with Crippen LogP contribution in [0.2, 0.25) is 0 Å². The molecule has 0 saturated carbocycles. The van der Waals surface area contributed by atoms with E-state index in [1.807, 2.05) is 5.32 Å². The number of amides is 1. The van der Waals surface area contributed by atoms with E-state index in [2.05, 4.69) is 5.32 Å². The van der Waals surface area contributed by atoms with Crippen molar-refractivity contribution in [3.63, 3.8) is 0 Å². The molecule has 0 aliphatic carbocycles. The number of aromatic hydroxyl groups is 1. The first-order valence-electron chi connectivity index (χ1n) is 5.24. The number of carbonyl (C=O) groups is 1. The van der Waals surface area contributed by atoms with Gasteiger partial charge in [0.2, 0.25) is 5.91 Å². The van der Waals surface area contributed by atoms with Gasteiger partial charge in [-0.1, -0.05) is 0 Å². The van der Waals surface area contributed by atoms with Crippen LogP contribution in [0.4, 0.5) is 24.5 Å². The number of nitro benzene ring substituents is 1. The number of anilines is 1. The lowest BCUT2D eigenvalue weighted by atomic mass is 10.2.